The highest BCUT2D eigenvalue weighted by molar-refractivity contribution is 7.93. The number of hydrogen-bond donors (Lipinski definition) is 2. The van der Waals surface area contributed by atoms with Gasteiger partial charge in [-0.2, -0.15) is 0 Å². The van der Waals surface area contributed by atoms with Crippen molar-refractivity contribution in [3.63, 3.8) is 0 Å². The van der Waals surface area contributed by atoms with Gasteiger partial charge in [0.15, 0.2) is 0 Å². The van der Waals surface area contributed by atoms with Crippen LogP contribution in [0.1, 0.15) is 17.3 Å². The quantitative estimate of drug-likeness (QED) is 0.478. The van der Waals surface area contributed by atoms with Crippen LogP contribution in [-0.4, -0.2) is 29.4 Å². The Morgan fingerprint density at radius 2 is 1.22 bits per heavy atom. The van der Waals surface area contributed by atoms with Crippen LogP contribution in [0.3, 0.4) is 0 Å². The minimum atomic E-state index is -4.10. The van der Waals surface area contributed by atoms with E-state index in [1.165, 1.54) is 48.5 Å². The van der Waals surface area contributed by atoms with Crippen LogP contribution < -0.4 is 9.44 Å². The lowest BCUT2D eigenvalue weighted by Crippen LogP contribution is -2.17. The van der Waals surface area contributed by atoms with Crippen molar-refractivity contribution in [2.24, 2.45) is 0 Å². The van der Waals surface area contributed by atoms with Crippen molar-refractivity contribution in [3.05, 3.63) is 84.2 Å². The second-order valence-corrected chi connectivity index (χ2v) is 9.82. The molecule has 3 rings (SSSR count). The smallest absolute Gasteiger partial charge is 0.338 e. The Labute approximate surface area is 185 Å². The third-order valence-electron chi connectivity index (χ3n) is 4.22. The van der Waals surface area contributed by atoms with E-state index in [1.54, 1.807) is 6.92 Å². The van der Waals surface area contributed by atoms with Gasteiger partial charge in [0.05, 0.1) is 33.3 Å². The van der Waals surface area contributed by atoms with Crippen LogP contribution in [0.5, 0.6) is 0 Å². The van der Waals surface area contributed by atoms with E-state index < -0.39 is 31.8 Å². The van der Waals surface area contributed by atoms with Crippen molar-refractivity contribution in [2.75, 3.05) is 16.1 Å². The molecule has 2 N–H and O–H groups in total. The SMILES string of the molecule is CCOC(=O)c1ccc(S(=O)(=O)Nc2ccccc2NS(=O)(=O)c2ccc(F)cc2)cc1. The molecule has 0 spiro atoms. The number of benzene rings is 3. The van der Waals surface area contributed by atoms with Crippen LogP contribution in [0.15, 0.2) is 82.6 Å². The van der Waals surface area contributed by atoms with Gasteiger partial charge in [-0.15, -0.1) is 0 Å². The molecule has 3 aromatic carbocycles. The molecule has 0 amide bonds. The highest BCUT2D eigenvalue weighted by atomic mass is 32.2. The molecule has 0 aliphatic rings. The molecule has 0 saturated carbocycles. The first-order valence-electron chi connectivity index (χ1n) is 9.30. The first kappa shape index (κ1) is 23.2. The summed E-state index contributed by atoms with van der Waals surface area (Å²) in [5, 5.41) is 0. The number of sulfonamides is 2. The first-order chi connectivity index (χ1) is 15.1. The fraction of sp³-hybridized carbons (Fsp3) is 0.0952. The topological polar surface area (TPSA) is 119 Å². The van der Waals surface area contributed by atoms with Crippen molar-refractivity contribution in [2.45, 2.75) is 16.7 Å². The molecule has 11 heteroatoms. The zero-order valence-corrected chi connectivity index (χ0v) is 18.4. The third kappa shape index (κ3) is 5.42. The summed E-state index contributed by atoms with van der Waals surface area (Å²) in [6.45, 7) is 1.84. The van der Waals surface area contributed by atoms with Gasteiger partial charge in [-0.05, 0) is 67.6 Å². The Morgan fingerprint density at radius 3 is 1.66 bits per heavy atom. The van der Waals surface area contributed by atoms with Crippen molar-refractivity contribution in [1.29, 1.82) is 0 Å². The molecule has 8 nitrogen and oxygen atoms in total. The van der Waals surface area contributed by atoms with Crippen molar-refractivity contribution < 1.29 is 30.8 Å². The number of halogens is 1. The minimum Gasteiger partial charge on any atom is -0.462 e. The Kier molecular flexibility index (Phi) is 6.80. The highest BCUT2D eigenvalue weighted by Gasteiger charge is 2.20. The molecule has 0 atom stereocenters. The summed E-state index contributed by atoms with van der Waals surface area (Å²) < 4.78 is 73.4. The summed E-state index contributed by atoms with van der Waals surface area (Å²) in [7, 11) is -8.20. The van der Waals surface area contributed by atoms with Gasteiger partial charge < -0.3 is 4.74 Å². The van der Waals surface area contributed by atoms with Crippen molar-refractivity contribution >= 4 is 37.4 Å². The summed E-state index contributed by atoms with van der Waals surface area (Å²) in [6, 6.07) is 15.1. The fourth-order valence-electron chi connectivity index (χ4n) is 2.67. The predicted octanol–water partition coefficient (Wildman–Crippen LogP) is 3.60. The monoisotopic (exact) mass is 478 g/mol. The second kappa shape index (κ2) is 9.37. The molecular formula is C21H19FN2O6S2. The number of rotatable bonds is 8. The number of para-hydroxylation sites is 2. The predicted molar refractivity (Wildman–Crippen MR) is 117 cm³/mol. The number of hydrogen-bond acceptors (Lipinski definition) is 6. The zero-order chi connectivity index (χ0) is 23.4. The van der Waals surface area contributed by atoms with Gasteiger partial charge in [0.2, 0.25) is 0 Å². The summed E-state index contributed by atoms with van der Waals surface area (Å²) in [4.78, 5) is 11.4. The molecule has 0 saturated heterocycles. The average molecular weight is 479 g/mol. The molecule has 0 aliphatic carbocycles. The molecule has 0 aromatic heterocycles. The van der Waals surface area contributed by atoms with Crippen LogP contribution in [0, 0.1) is 5.82 Å². The first-order valence-corrected chi connectivity index (χ1v) is 12.3. The van der Waals surface area contributed by atoms with Crippen LogP contribution in [0.25, 0.3) is 0 Å². The van der Waals surface area contributed by atoms with Crippen LogP contribution >= 0.6 is 0 Å². The Hall–Kier alpha value is -3.44. The van der Waals surface area contributed by atoms with E-state index in [-0.39, 0.29) is 33.3 Å². The highest BCUT2D eigenvalue weighted by Crippen LogP contribution is 2.27. The van der Waals surface area contributed by atoms with E-state index in [9.17, 15) is 26.0 Å². The maximum atomic E-state index is 13.1. The standard InChI is InChI=1S/C21H19FN2O6S2/c1-2-30-21(25)15-7-11-17(12-8-15)31(26,27)23-19-5-3-4-6-20(19)24-32(28,29)18-13-9-16(22)10-14-18/h3-14,23-24H,2H2,1H3. The number of carbonyl (C=O) groups excluding carboxylic acids is 1. The number of ether oxygens (including phenoxy) is 1. The van der Waals surface area contributed by atoms with Crippen LogP contribution in [0.2, 0.25) is 0 Å². The Morgan fingerprint density at radius 1 is 0.781 bits per heavy atom. The lowest BCUT2D eigenvalue weighted by Gasteiger charge is -2.15. The van der Waals surface area contributed by atoms with Gasteiger partial charge in [0.1, 0.15) is 5.82 Å². The van der Waals surface area contributed by atoms with E-state index in [0.29, 0.717) is 0 Å². The number of nitrogens with one attached hydrogen (secondary N) is 2. The summed E-state index contributed by atoms with van der Waals surface area (Å²) in [6.07, 6.45) is 0. The number of anilines is 2. The normalized spacial score (nSPS) is 11.6. The molecule has 0 radical (unpaired) electrons. The molecule has 0 bridgehead atoms. The maximum absolute atomic E-state index is 13.1. The molecule has 0 heterocycles. The molecular weight excluding hydrogens is 459 g/mol. The van der Waals surface area contributed by atoms with Gasteiger partial charge in [-0.25, -0.2) is 26.0 Å². The van der Waals surface area contributed by atoms with Crippen molar-refractivity contribution in [1.82, 2.24) is 0 Å². The fourth-order valence-corrected chi connectivity index (χ4v) is 4.83. The van der Waals surface area contributed by atoms with E-state index in [2.05, 4.69) is 9.44 Å². The minimum absolute atomic E-state index is 0.0207. The molecule has 3 aromatic rings. The zero-order valence-electron chi connectivity index (χ0n) is 16.8. The molecule has 0 unspecified atom stereocenters. The maximum Gasteiger partial charge on any atom is 0.338 e. The molecule has 32 heavy (non-hydrogen) atoms. The average Bonchev–Trinajstić information content (AvgIpc) is 2.75. The van der Waals surface area contributed by atoms with Crippen molar-refractivity contribution in [3.8, 4) is 0 Å². The summed E-state index contributed by atoms with van der Waals surface area (Å²) in [5.74, 6) is -1.17. The van der Waals surface area contributed by atoms with Crippen LogP contribution in [-0.2, 0) is 24.8 Å². The largest absolute Gasteiger partial charge is 0.462 e. The van der Waals surface area contributed by atoms with Gasteiger partial charge >= 0.3 is 5.97 Å². The third-order valence-corrected chi connectivity index (χ3v) is 6.98. The molecule has 168 valence electrons. The Balaban J connectivity index is 1.85. The van der Waals surface area contributed by atoms with Gasteiger partial charge in [0.25, 0.3) is 20.0 Å². The van der Waals surface area contributed by atoms with Gasteiger partial charge in [-0.1, -0.05) is 12.1 Å². The second-order valence-electron chi connectivity index (χ2n) is 6.46. The van der Waals surface area contributed by atoms with E-state index in [1.807, 2.05) is 0 Å². The van der Waals surface area contributed by atoms with E-state index in [4.69, 9.17) is 4.74 Å². The van der Waals surface area contributed by atoms with E-state index in [0.717, 1.165) is 24.3 Å². The lowest BCUT2D eigenvalue weighted by atomic mass is 10.2. The summed E-state index contributed by atoms with van der Waals surface area (Å²) in [5.41, 5.74) is 0.148. The van der Waals surface area contributed by atoms with E-state index >= 15 is 0 Å². The lowest BCUT2D eigenvalue weighted by molar-refractivity contribution is 0.0526. The molecule has 0 fully saturated rings. The van der Waals surface area contributed by atoms with Crippen LogP contribution in [0.4, 0.5) is 15.8 Å². The van der Waals surface area contributed by atoms with Gasteiger partial charge in [-0.3, -0.25) is 9.44 Å². The molecule has 0 aliphatic heterocycles. The number of carbonyl (C=O) groups is 1. The number of esters is 1. The summed E-state index contributed by atoms with van der Waals surface area (Å²) >= 11 is 0. The Bertz CT molecular complexity index is 1320. The van der Waals surface area contributed by atoms with Gasteiger partial charge in [0, 0.05) is 0 Å².